The normalized spacial score (nSPS) is 23.9. The summed E-state index contributed by atoms with van der Waals surface area (Å²) in [6, 6.07) is -0.296. The second-order valence-electron chi connectivity index (χ2n) is 5.60. The van der Waals surface area contributed by atoms with Crippen molar-refractivity contribution in [1.82, 2.24) is 5.32 Å². The van der Waals surface area contributed by atoms with Crippen LogP contribution >= 0.6 is 0 Å². The fraction of sp³-hybridized carbons (Fsp3) is 0.923. The summed E-state index contributed by atoms with van der Waals surface area (Å²) in [5.74, 6) is 0.958. The number of rotatable bonds is 7. The van der Waals surface area contributed by atoms with E-state index in [0.29, 0.717) is 5.41 Å². The summed E-state index contributed by atoms with van der Waals surface area (Å²) < 4.78 is 0. The third kappa shape index (κ3) is 2.76. The summed E-state index contributed by atoms with van der Waals surface area (Å²) in [6.45, 7) is 2.99. The highest BCUT2D eigenvalue weighted by Gasteiger charge is 2.53. The molecule has 1 amide bonds. The standard InChI is InChI=1S/C13H24N2O/c1-2-3-4-11(14)12(16)15-9-13(7-8-13)10-5-6-10/h10-11H,2-9,14H2,1H3,(H,15,16)/t11-/m0/s1. The Morgan fingerprint density at radius 1 is 1.50 bits per heavy atom. The summed E-state index contributed by atoms with van der Waals surface area (Å²) in [5, 5.41) is 3.05. The molecule has 0 aromatic heterocycles. The van der Waals surface area contributed by atoms with Crippen LogP contribution in [0.25, 0.3) is 0 Å². The zero-order chi connectivity index (χ0) is 11.6. The highest BCUT2D eigenvalue weighted by molar-refractivity contribution is 5.81. The molecule has 0 saturated heterocycles. The molecule has 3 heteroatoms. The average molecular weight is 224 g/mol. The highest BCUT2D eigenvalue weighted by atomic mass is 16.2. The number of hydrogen-bond donors (Lipinski definition) is 2. The summed E-state index contributed by atoms with van der Waals surface area (Å²) >= 11 is 0. The van der Waals surface area contributed by atoms with E-state index in [1.807, 2.05) is 0 Å². The minimum Gasteiger partial charge on any atom is -0.354 e. The van der Waals surface area contributed by atoms with Gasteiger partial charge in [-0.15, -0.1) is 0 Å². The molecule has 0 aromatic rings. The smallest absolute Gasteiger partial charge is 0.236 e. The van der Waals surface area contributed by atoms with Crippen molar-refractivity contribution in [2.45, 2.75) is 57.9 Å². The van der Waals surface area contributed by atoms with E-state index in [4.69, 9.17) is 5.73 Å². The van der Waals surface area contributed by atoms with Crippen LogP contribution in [0.15, 0.2) is 0 Å². The zero-order valence-corrected chi connectivity index (χ0v) is 10.3. The van der Waals surface area contributed by atoms with Crippen molar-refractivity contribution in [2.24, 2.45) is 17.1 Å². The van der Waals surface area contributed by atoms with Crippen molar-refractivity contribution in [3.63, 3.8) is 0 Å². The van der Waals surface area contributed by atoms with E-state index in [9.17, 15) is 4.79 Å². The molecule has 2 rings (SSSR count). The van der Waals surface area contributed by atoms with E-state index < -0.39 is 0 Å². The topological polar surface area (TPSA) is 55.1 Å². The Morgan fingerprint density at radius 3 is 2.69 bits per heavy atom. The molecule has 2 aliphatic carbocycles. The van der Waals surface area contributed by atoms with Crippen molar-refractivity contribution >= 4 is 5.91 Å². The Bertz CT molecular complexity index is 257. The van der Waals surface area contributed by atoms with E-state index in [0.717, 1.165) is 31.7 Å². The van der Waals surface area contributed by atoms with Gasteiger partial charge in [-0.3, -0.25) is 4.79 Å². The molecule has 0 aliphatic heterocycles. The second kappa shape index (κ2) is 4.74. The molecule has 2 aliphatic rings. The lowest BCUT2D eigenvalue weighted by Crippen LogP contribution is -2.43. The first-order valence-corrected chi connectivity index (χ1v) is 6.71. The number of hydrogen-bond acceptors (Lipinski definition) is 2. The third-order valence-electron chi connectivity index (χ3n) is 4.16. The number of carbonyl (C=O) groups is 1. The summed E-state index contributed by atoms with van der Waals surface area (Å²) in [6.07, 6.45) is 8.33. The van der Waals surface area contributed by atoms with Crippen molar-refractivity contribution in [3.05, 3.63) is 0 Å². The van der Waals surface area contributed by atoms with Crippen molar-refractivity contribution < 1.29 is 4.79 Å². The molecule has 0 unspecified atom stereocenters. The lowest BCUT2D eigenvalue weighted by molar-refractivity contribution is -0.122. The number of nitrogens with one attached hydrogen (secondary N) is 1. The van der Waals surface area contributed by atoms with E-state index >= 15 is 0 Å². The molecule has 2 saturated carbocycles. The van der Waals surface area contributed by atoms with Gasteiger partial charge in [0.15, 0.2) is 0 Å². The lowest BCUT2D eigenvalue weighted by atomic mass is 10.0. The van der Waals surface area contributed by atoms with Gasteiger partial charge in [-0.2, -0.15) is 0 Å². The van der Waals surface area contributed by atoms with Crippen LogP contribution in [-0.2, 0) is 4.79 Å². The zero-order valence-electron chi connectivity index (χ0n) is 10.3. The van der Waals surface area contributed by atoms with Gasteiger partial charge in [0.2, 0.25) is 5.91 Å². The molecular formula is C13H24N2O. The Labute approximate surface area is 98.2 Å². The fourth-order valence-electron chi connectivity index (χ4n) is 2.53. The Kier molecular flexibility index (Phi) is 3.53. The minimum atomic E-state index is -0.296. The van der Waals surface area contributed by atoms with Gasteiger partial charge in [-0.1, -0.05) is 19.8 Å². The van der Waals surface area contributed by atoms with Crippen LogP contribution in [-0.4, -0.2) is 18.5 Å². The van der Waals surface area contributed by atoms with Crippen molar-refractivity contribution in [3.8, 4) is 0 Å². The minimum absolute atomic E-state index is 0.0559. The third-order valence-corrected chi connectivity index (χ3v) is 4.16. The van der Waals surface area contributed by atoms with Crippen LogP contribution in [0, 0.1) is 11.3 Å². The van der Waals surface area contributed by atoms with Crippen LogP contribution < -0.4 is 11.1 Å². The molecule has 3 N–H and O–H groups in total. The molecule has 3 nitrogen and oxygen atoms in total. The lowest BCUT2D eigenvalue weighted by Gasteiger charge is -2.17. The first kappa shape index (κ1) is 11.9. The molecule has 92 valence electrons. The Morgan fingerprint density at radius 2 is 2.19 bits per heavy atom. The van der Waals surface area contributed by atoms with Crippen LogP contribution in [0.3, 0.4) is 0 Å². The summed E-state index contributed by atoms with van der Waals surface area (Å²) in [5.41, 5.74) is 6.32. The first-order chi connectivity index (χ1) is 7.68. The van der Waals surface area contributed by atoms with Crippen LogP contribution in [0.4, 0.5) is 0 Å². The SMILES string of the molecule is CCCC[C@H](N)C(=O)NCC1(C2CC2)CC1. The van der Waals surface area contributed by atoms with Gasteiger partial charge < -0.3 is 11.1 Å². The van der Waals surface area contributed by atoms with Gasteiger partial charge >= 0.3 is 0 Å². The van der Waals surface area contributed by atoms with Crippen LogP contribution in [0.2, 0.25) is 0 Å². The van der Waals surface area contributed by atoms with Crippen LogP contribution in [0.5, 0.6) is 0 Å². The van der Waals surface area contributed by atoms with E-state index in [1.54, 1.807) is 0 Å². The van der Waals surface area contributed by atoms with E-state index in [1.165, 1.54) is 25.7 Å². The van der Waals surface area contributed by atoms with Gasteiger partial charge in [-0.05, 0) is 43.4 Å². The van der Waals surface area contributed by atoms with Gasteiger partial charge in [0.1, 0.15) is 0 Å². The Balaban J connectivity index is 1.67. The van der Waals surface area contributed by atoms with Crippen LogP contribution in [0.1, 0.15) is 51.9 Å². The number of unbranched alkanes of at least 4 members (excludes halogenated alkanes) is 1. The van der Waals surface area contributed by atoms with Gasteiger partial charge in [0, 0.05) is 6.54 Å². The molecule has 2 fully saturated rings. The molecule has 0 radical (unpaired) electrons. The maximum atomic E-state index is 11.7. The fourth-order valence-corrected chi connectivity index (χ4v) is 2.53. The molecule has 16 heavy (non-hydrogen) atoms. The molecule has 0 spiro atoms. The van der Waals surface area contributed by atoms with Crippen molar-refractivity contribution in [1.29, 1.82) is 0 Å². The van der Waals surface area contributed by atoms with E-state index in [2.05, 4.69) is 12.2 Å². The van der Waals surface area contributed by atoms with E-state index in [-0.39, 0.29) is 11.9 Å². The predicted octanol–water partition coefficient (Wildman–Crippen LogP) is 1.81. The predicted molar refractivity (Wildman–Crippen MR) is 64.9 cm³/mol. The first-order valence-electron chi connectivity index (χ1n) is 6.71. The van der Waals surface area contributed by atoms with Gasteiger partial charge in [-0.25, -0.2) is 0 Å². The molecule has 0 heterocycles. The average Bonchev–Trinajstić information content (AvgIpc) is 3.14. The largest absolute Gasteiger partial charge is 0.354 e. The molecule has 0 bridgehead atoms. The number of carbonyl (C=O) groups excluding carboxylic acids is 1. The second-order valence-corrected chi connectivity index (χ2v) is 5.60. The Hall–Kier alpha value is -0.570. The highest BCUT2D eigenvalue weighted by Crippen LogP contribution is 2.60. The molecular weight excluding hydrogens is 200 g/mol. The molecule has 1 atom stereocenters. The monoisotopic (exact) mass is 224 g/mol. The summed E-state index contributed by atoms with van der Waals surface area (Å²) in [4.78, 5) is 11.7. The quantitative estimate of drug-likeness (QED) is 0.693. The number of nitrogens with two attached hydrogens (primary N) is 1. The van der Waals surface area contributed by atoms with Gasteiger partial charge in [0.25, 0.3) is 0 Å². The number of amides is 1. The summed E-state index contributed by atoms with van der Waals surface area (Å²) in [7, 11) is 0. The molecule has 0 aromatic carbocycles. The van der Waals surface area contributed by atoms with Crippen molar-refractivity contribution in [2.75, 3.05) is 6.54 Å². The maximum absolute atomic E-state index is 11.7. The maximum Gasteiger partial charge on any atom is 0.236 e. The van der Waals surface area contributed by atoms with Gasteiger partial charge in [0.05, 0.1) is 6.04 Å².